The molecule has 3 rings (SSSR count). The highest BCUT2D eigenvalue weighted by Crippen LogP contribution is 2.18. The normalized spacial score (nSPS) is 16.8. The number of anilines is 1. The summed E-state index contributed by atoms with van der Waals surface area (Å²) >= 11 is 0. The highest BCUT2D eigenvalue weighted by atomic mass is 19.3. The fourth-order valence-electron chi connectivity index (χ4n) is 3.36. The number of hydrogen-bond acceptors (Lipinski definition) is 4. The summed E-state index contributed by atoms with van der Waals surface area (Å²) in [6.07, 6.45) is 3.84. The molecule has 1 amide bonds. The van der Waals surface area contributed by atoms with Crippen molar-refractivity contribution in [2.45, 2.75) is 32.9 Å². The van der Waals surface area contributed by atoms with Gasteiger partial charge in [-0.05, 0) is 74.7 Å². The number of aromatic nitrogens is 1. The molecule has 0 bridgehead atoms. The van der Waals surface area contributed by atoms with Gasteiger partial charge in [0.1, 0.15) is 11.3 Å². The van der Waals surface area contributed by atoms with Crippen LogP contribution >= 0.6 is 0 Å². The Morgan fingerprint density at radius 2 is 2.07 bits per heavy atom. The number of rotatable bonds is 6. The molecule has 0 aliphatic carbocycles. The molecule has 1 saturated heterocycles. The monoisotopic (exact) mass is 391 g/mol. The Morgan fingerprint density at radius 3 is 2.71 bits per heavy atom. The Kier molecular flexibility index (Phi) is 6.41. The van der Waals surface area contributed by atoms with Crippen molar-refractivity contribution in [1.82, 2.24) is 9.88 Å². The van der Waals surface area contributed by atoms with E-state index in [1.165, 1.54) is 24.3 Å². The highest BCUT2D eigenvalue weighted by molar-refractivity contribution is 6.05. The molecule has 0 spiro atoms. The first kappa shape index (κ1) is 20.0. The summed E-state index contributed by atoms with van der Waals surface area (Å²) in [5.74, 6) is -0.180. The van der Waals surface area contributed by atoms with Crippen LogP contribution in [0.4, 0.5) is 14.5 Å². The number of ether oxygens (including phenoxy) is 1. The van der Waals surface area contributed by atoms with Crippen LogP contribution in [-0.2, 0) is 6.54 Å². The van der Waals surface area contributed by atoms with Crippen molar-refractivity contribution in [2.24, 2.45) is 5.92 Å². The van der Waals surface area contributed by atoms with Gasteiger partial charge < -0.3 is 19.9 Å². The molecule has 1 aromatic heterocycles. The zero-order valence-electron chi connectivity index (χ0n) is 15.6. The third-order valence-electron chi connectivity index (χ3n) is 4.79. The van der Waals surface area contributed by atoms with Crippen LogP contribution in [-0.4, -0.2) is 30.2 Å². The van der Waals surface area contributed by atoms with Crippen molar-refractivity contribution in [3.63, 3.8) is 0 Å². The topological polar surface area (TPSA) is 72.4 Å². The van der Waals surface area contributed by atoms with Gasteiger partial charge in [0, 0.05) is 18.4 Å². The van der Waals surface area contributed by atoms with Crippen LogP contribution in [0.3, 0.4) is 0 Å². The van der Waals surface area contributed by atoms with Gasteiger partial charge in [-0.2, -0.15) is 8.78 Å². The lowest BCUT2D eigenvalue weighted by molar-refractivity contribution is -0.0498. The third-order valence-corrected chi connectivity index (χ3v) is 4.79. The molecule has 2 heterocycles. The molecule has 1 fully saturated rings. The lowest BCUT2D eigenvalue weighted by atomic mass is 9.99. The van der Waals surface area contributed by atoms with E-state index in [1.54, 1.807) is 23.8 Å². The van der Waals surface area contributed by atoms with E-state index in [2.05, 4.69) is 15.4 Å². The molecule has 2 N–H and O–H groups in total. The Hall–Kier alpha value is -2.74. The molecular formula is C20H23F2N3O3. The number of alkyl halides is 2. The number of halogens is 2. The van der Waals surface area contributed by atoms with Crippen molar-refractivity contribution >= 4 is 11.6 Å². The van der Waals surface area contributed by atoms with E-state index in [4.69, 9.17) is 0 Å². The first-order chi connectivity index (χ1) is 13.4. The van der Waals surface area contributed by atoms with Crippen LogP contribution in [0.2, 0.25) is 0 Å². The number of nitrogens with one attached hydrogen (secondary N) is 2. The second-order valence-electron chi connectivity index (χ2n) is 6.90. The quantitative estimate of drug-likeness (QED) is 0.794. The predicted molar refractivity (Wildman–Crippen MR) is 102 cm³/mol. The van der Waals surface area contributed by atoms with E-state index in [0.29, 0.717) is 23.7 Å². The zero-order valence-corrected chi connectivity index (χ0v) is 15.6. The standard InChI is InChI=1S/C20H23F2N3O3/c1-13-8-10-25(12-14-3-2-9-23-11-14)19(27)17(13)18(26)24-15-4-6-16(7-5-15)28-20(21)22/h4-8,10,14,20,23H,2-3,9,11-12H2,1H3,(H,24,26). The van der Waals surface area contributed by atoms with Gasteiger partial charge in [-0.3, -0.25) is 9.59 Å². The predicted octanol–water partition coefficient (Wildman–Crippen LogP) is 3.01. The minimum atomic E-state index is -2.91. The molecule has 8 heteroatoms. The summed E-state index contributed by atoms with van der Waals surface area (Å²) in [5, 5.41) is 5.96. The Labute approximate surface area is 161 Å². The van der Waals surface area contributed by atoms with Crippen LogP contribution < -0.4 is 20.9 Å². The number of carbonyl (C=O) groups is 1. The minimum absolute atomic E-state index is 0.00709. The SMILES string of the molecule is Cc1ccn(CC2CCCNC2)c(=O)c1C(=O)Nc1ccc(OC(F)F)cc1. The Bertz CT molecular complexity index is 875. The van der Waals surface area contributed by atoms with Crippen LogP contribution in [0.15, 0.2) is 41.3 Å². The number of carbonyl (C=O) groups excluding carboxylic acids is 1. The first-order valence-electron chi connectivity index (χ1n) is 9.21. The number of aryl methyl sites for hydroxylation is 1. The van der Waals surface area contributed by atoms with Crippen LogP contribution in [0, 0.1) is 12.8 Å². The average Bonchev–Trinajstić information content (AvgIpc) is 2.66. The zero-order chi connectivity index (χ0) is 20.1. The maximum Gasteiger partial charge on any atom is 0.387 e. The molecule has 0 saturated carbocycles. The highest BCUT2D eigenvalue weighted by Gasteiger charge is 2.19. The van der Waals surface area contributed by atoms with Crippen LogP contribution in [0.25, 0.3) is 0 Å². The maximum atomic E-state index is 12.8. The molecule has 2 aromatic rings. The number of amides is 1. The number of piperidine rings is 1. The Morgan fingerprint density at radius 1 is 1.32 bits per heavy atom. The van der Waals surface area contributed by atoms with E-state index < -0.39 is 12.5 Å². The van der Waals surface area contributed by atoms with Gasteiger partial charge in [0.15, 0.2) is 0 Å². The minimum Gasteiger partial charge on any atom is -0.435 e. The molecule has 28 heavy (non-hydrogen) atoms. The van der Waals surface area contributed by atoms with E-state index in [9.17, 15) is 18.4 Å². The number of hydrogen-bond donors (Lipinski definition) is 2. The van der Waals surface area contributed by atoms with E-state index in [-0.39, 0.29) is 16.9 Å². The average molecular weight is 391 g/mol. The molecule has 1 atom stereocenters. The molecule has 1 aromatic carbocycles. The lowest BCUT2D eigenvalue weighted by Gasteiger charge is -2.23. The molecule has 1 unspecified atom stereocenters. The summed E-state index contributed by atoms with van der Waals surface area (Å²) in [4.78, 5) is 25.5. The van der Waals surface area contributed by atoms with Crippen molar-refractivity contribution in [3.8, 4) is 5.75 Å². The molecule has 0 radical (unpaired) electrons. The summed E-state index contributed by atoms with van der Waals surface area (Å²) in [5.41, 5.74) is 0.718. The van der Waals surface area contributed by atoms with Crippen molar-refractivity contribution in [1.29, 1.82) is 0 Å². The van der Waals surface area contributed by atoms with Gasteiger partial charge in [0.25, 0.3) is 11.5 Å². The molecule has 150 valence electrons. The third kappa shape index (κ3) is 4.95. The van der Waals surface area contributed by atoms with E-state index in [0.717, 1.165) is 25.9 Å². The van der Waals surface area contributed by atoms with Gasteiger partial charge >= 0.3 is 6.61 Å². The smallest absolute Gasteiger partial charge is 0.387 e. The van der Waals surface area contributed by atoms with Gasteiger partial charge in [-0.25, -0.2) is 0 Å². The van der Waals surface area contributed by atoms with Gasteiger partial charge in [0.05, 0.1) is 0 Å². The fourth-order valence-corrected chi connectivity index (χ4v) is 3.36. The van der Waals surface area contributed by atoms with Crippen molar-refractivity contribution in [3.05, 3.63) is 58.0 Å². The molecule has 1 aliphatic rings. The van der Waals surface area contributed by atoms with Gasteiger partial charge in [0.2, 0.25) is 0 Å². The number of nitrogens with zero attached hydrogens (tertiary/aromatic N) is 1. The maximum absolute atomic E-state index is 12.8. The second kappa shape index (κ2) is 8.97. The largest absolute Gasteiger partial charge is 0.435 e. The molecular weight excluding hydrogens is 368 g/mol. The van der Waals surface area contributed by atoms with Gasteiger partial charge in [-0.1, -0.05) is 0 Å². The van der Waals surface area contributed by atoms with E-state index >= 15 is 0 Å². The van der Waals surface area contributed by atoms with E-state index in [1.807, 2.05) is 0 Å². The second-order valence-corrected chi connectivity index (χ2v) is 6.90. The molecule has 1 aliphatic heterocycles. The lowest BCUT2D eigenvalue weighted by Crippen LogP contribution is -2.36. The number of benzene rings is 1. The summed E-state index contributed by atoms with van der Waals surface area (Å²) in [6.45, 7) is 1.21. The molecule has 6 nitrogen and oxygen atoms in total. The summed E-state index contributed by atoms with van der Waals surface area (Å²) < 4.78 is 30.3. The first-order valence-corrected chi connectivity index (χ1v) is 9.21. The van der Waals surface area contributed by atoms with Crippen molar-refractivity contribution in [2.75, 3.05) is 18.4 Å². The van der Waals surface area contributed by atoms with Crippen LogP contribution in [0.1, 0.15) is 28.8 Å². The number of pyridine rings is 1. The fraction of sp³-hybridized carbons (Fsp3) is 0.400. The summed E-state index contributed by atoms with van der Waals surface area (Å²) in [7, 11) is 0. The summed E-state index contributed by atoms with van der Waals surface area (Å²) in [6, 6.07) is 7.30. The van der Waals surface area contributed by atoms with Gasteiger partial charge in [-0.15, -0.1) is 0 Å². The van der Waals surface area contributed by atoms with Crippen molar-refractivity contribution < 1.29 is 18.3 Å². The van der Waals surface area contributed by atoms with Crippen LogP contribution in [0.5, 0.6) is 5.75 Å². The Balaban J connectivity index is 1.75.